The van der Waals surface area contributed by atoms with Gasteiger partial charge in [-0.3, -0.25) is 4.90 Å². The number of nitrogens with two attached hydrogens (primary N) is 1. The first-order valence-corrected chi connectivity index (χ1v) is 4.96. The van der Waals surface area contributed by atoms with E-state index in [1.165, 1.54) is 12.1 Å². The lowest BCUT2D eigenvalue weighted by molar-refractivity contribution is 0.327. The molecule has 0 aromatic heterocycles. The number of hydrogen-bond acceptors (Lipinski definition) is 2. The summed E-state index contributed by atoms with van der Waals surface area (Å²) in [5.74, 6) is -0.174. The van der Waals surface area contributed by atoms with Gasteiger partial charge in [-0.25, -0.2) is 4.39 Å². The molecule has 1 fully saturated rings. The lowest BCUT2D eigenvalue weighted by Gasteiger charge is -2.14. The van der Waals surface area contributed by atoms with E-state index in [-0.39, 0.29) is 5.82 Å². The Morgan fingerprint density at radius 3 is 2.64 bits per heavy atom. The first-order chi connectivity index (χ1) is 6.74. The van der Waals surface area contributed by atoms with E-state index in [9.17, 15) is 4.39 Å². The molecule has 2 rings (SSSR count). The Balaban J connectivity index is 1.94. The topological polar surface area (TPSA) is 29.3 Å². The van der Waals surface area contributed by atoms with Crippen molar-refractivity contribution in [1.29, 1.82) is 0 Å². The summed E-state index contributed by atoms with van der Waals surface area (Å²) in [5.41, 5.74) is 6.95. The van der Waals surface area contributed by atoms with Crippen molar-refractivity contribution < 1.29 is 4.39 Å². The molecule has 0 aliphatic carbocycles. The third-order valence-electron chi connectivity index (χ3n) is 2.63. The van der Waals surface area contributed by atoms with Crippen molar-refractivity contribution in [2.24, 2.45) is 5.73 Å². The van der Waals surface area contributed by atoms with E-state index in [1.54, 1.807) is 0 Å². The monoisotopic (exact) mass is 194 g/mol. The zero-order valence-corrected chi connectivity index (χ0v) is 8.12. The molecular weight excluding hydrogens is 179 g/mol. The van der Waals surface area contributed by atoms with Crippen LogP contribution in [0.4, 0.5) is 4.39 Å². The van der Waals surface area contributed by atoms with Crippen molar-refractivity contribution in [3.63, 3.8) is 0 Å². The van der Waals surface area contributed by atoms with Gasteiger partial charge in [0.1, 0.15) is 5.82 Å². The lowest BCUT2D eigenvalue weighted by Crippen LogP contribution is -2.26. The van der Waals surface area contributed by atoms with Crippen molar-refractivity contribution in [2.75, 3.05) is 13.1 Å². The highest BCUT2D eigenvalue weighted by Gasteiger charge is 2.18. The highest BCUT2D eigenvalue weighted by Crippen LogP contribution is 2.12. The van der Waals surface area contributed by atoms with Crippen LogP contribution in [0.3, 0.4) is 0 Å². The van der Waals surface area contributed by atoms with Gasteiger partial charge in [-0.05, 0) is 24.1 Å². The van der Waals surface area contributed by atoms with Crippen LogP contribution in [-0.2, 0) is 6.54 Å². The van der Waals surface area contributed by atoms with E-state index in [1.807, 2.05) is 12.1 Å². The van der Waals surface area contributed by atoms with E-state index >= 15 is 0 Å². The first kappa shape index (κ1) is 9.62. The van der Waals surface area contributed by atoms with E-state index in [0.29, 0.717) is 6.04 Å². The summed E-state index contributed by atoms with van der Waals surface area (Å²) in [6.07, 6.45) is 1.07. The van der Waals surface area contributed by atoms with Crippen LogP contribution in [0.25, 0.3) is 0 Å². The number of halogens is 1. The Kier molecular flexibility index (Phi) is 2.79. The average Bonchev–Trinajstić information content (AvgIpc) is 2.56. The van der Waals surface area contributed by atoms with Crippen LogP contribution in [-0.4, -0.2) is 24.0 Å². The van der Waals surface area contributed by atoms with E-state index in [4.69, 9.17) is 5.73 Å². The third-order valence-corrected chi connectivity index (χ3v) is 2.63. The van der Waals surface area contributed by atoms with Crippen molar-refractivity contribution >= 4 is 0 Å². The fraction of sp³-hybridized carbons (Fsp3) is 0.455. The van der Waals surface area contributed by atoms with Crippen LogP contribution in [0.5, 0.6) is 0 Å². The SMILES string of the molecule is N[C@H]1CCN(Cc2ccc(F)cc2)C1. The molecule has 1 aliphatic heterocycles. The van der Waals surface area contributed by atoms with Crippen molar-refractivity contribution in [3.05, 3.63) is 35.6 Å². The molecule has 1 atom stereocenters. The highest BCUT2D eigenvalue weighted by atomic mass is 19.1. The molecule has 2 nitrogen and oxygen atoms in total. The maximum atomic E-state index is 12.6. The van der Waals surface area contributed by atoms with Crippen LogP contribution in [0, 0.1) is 5.82 Å². The predicted molar refractivity (Wildman–Crippen MR) is 54.3 cm³/mol. The largest absolute Gasteiger partial charge is 0.326 e. The summed E-state index contributed by atoms with van der Waals surface area (Å²) >= 11 is 0. The van der Waals surface area contributed by atoms with E-state index < -0.39 is 0 Å². The molecule has 0 radical (unpaired) electrons. The highest BCUT2D eigenvalue weighted by molar-refractivity contribution is 5.16. The van der Waals surface area contributed by atoms with E-state index in [0.717, 1.165) is 31.6 Å². The molecule has 1 aliphatic rings. The maximum Gasteiger partial charge on any atom is 0.123 e. The number of nitrogens with zero attached hydrogens (tertiary/aromatic N) is 1. The molecule has 2 N–H and O–H groups in total. The zero-order chi connectivity index (χ0) is 9.97. The van der Waals surface area contributed by atoms with Gasteiger partial charge in [-0.2, -0.15) is 0 Å². The van der Waals surface area contributed by atoms with Crippen molar-refractivity contribution in [2.45, 2.75) is 19.0 Å². The molecule has 0 amide bonds. The molecule has 0 bridgehead atoms. The molecule has 1 aromatic carbocycles. The summed E-state index contributed by atoms with van der Waals surface area (Å²) in [7, 11) is 0. The molecule has 0 spiro atoms. The van der Waals surface area contributed by atoms with Gasteiger partial charge in [0, 0.05) is 25.7 Å². The minimum absolute atomic E-state index is 0.174. The standard InChI is InChI=1S/C11H15FN2/c12-10-3-1-9(2-4-10)7-14-6-5-11(13)8-14/h1-4,11H,5-8,13H2/t11-/m0/s1. The van der Waals surface area contributed by atoms with Crippen molar-refractivity contribution in [1.82, 2.24) is 4.90 Å². The number of hydrogen-bond donors (Lipinski definition) is 1. The van der Waals surface area contributed by atoms with Gasteiger partial charge < -0.3 is 5.73 Å². The molecule has 0 unspecified atom stereocenters. The maximum absolute atomic E-state index is 12.6. The minimum atomic E-state index is -0.174. The number of rotatable bonds is 2. The molecule has 0 saturated carbocycles. The average molecular weight is 194 g/mol. The quantitative estimate of drug-likeness (QED) is 0.770. The molecule has 1 saturated heterocycles. The molecule has 14 heavy (non-hydrogen) atoms. The van der Waals surface area contributed by atoms with Crippen LogP contribution in [0.15, 0.2) is 24.3 Å². The molecule has 1 aromatic rings. The normalized spacial score (nSPS) is 22.9. The molecule has 76 valence electrons. The molecule has 3 heteroatoms. The second-order valence-corrected chi connectivity index (χ2v) is 3.91. The summed E-state index contributed by atoms with van der Waals surface area (Å²) in [5, 5.41) is 0. The van der Waals surface area contributed by atoms with Gasteiger partial charge in [-0.1, -0.05) is 12.1 Å². The van der Waals surface area contributed by atoms with Gasteiger partial charge in [0.15, 0.2) is 0 Å². The van der Waals surface area contributed by atoms with E-state index in [2.05, 4.69) is 4.90 Å². The van der Waals surface area contributed by atoms with Crippen LogP contribution >= 0.6 is 0 Å². The van der Waals surface area contributed by atoms with Crippen LogP contribution in [0.1, 0.15) is 12.0 Å². The second kappa shape index (κ2) is 4.07. The lowest BCUT2D eigenvalue weighted by atomic mass is 10.2. The molecular formula is C11H15FN2. The number of benzene rings is 1. The Labute approximate surface area is 83.5 Å². The predicted octanol–water partition coefficient (Wildman–Crippen LogP) is 1.36. The smallest absolute Gasteiger partial charge is 0.123 e. The first-order valence-electron chi connectivity index (χ1n) is 4.96. The number of likely N-dealkylation sites (tertiary alicyclic amines) is 1. The second-order valence-electron chi connectivity index (χ2n) is 3.91. The Bertz CT molecular complexity index is 297. The summed E-state index contributed by atoms with van der Waals surface area (Å²) in [4.78, 5) is 2.30. The van der Waals surface area contributed by atoms with Gasteiger partial charge in [0.2, 0.25) is 0 Å². The van der Waals surface area contributed by atoms with Crippen molar-refractivity contribution in [3.8, 4) is 0 Å². The van der Waals surface area contributed by atoms with Gasteiger partial charge in [-0.15, -0.1) is 0 Å². The minimum Gasteiger partial charge on any atom is -0.326 e. The Morgan fingerprint density at radius 2 is 2.07 bits per heavy atom. The Morgan fingerprint density at radius 1 is 1.36 bits per heavy atom. The fourth-order valence-electron chi connectivity index (χ4n) is 1.85. The van der Waals surface area contributed by atoms with Crippen LogP contribution < -0.4 is 5.73 Å². The van der Waals surface area contributed by atoms with Crippen LogP contribution in [0.2, 0.25) is 0 Å². The zero-order valence-electron chi connectivity index (χ0n) is 8.12. The molecule has 1 heterocycles. The Hall–Kier alpha value is -0.930. The summed E-state index contributed by atoms with van der Waals surface area (Å²) in [6, 6.07) is 6.99. The summed E-state index contributed by atoms with van der Waals surface area (Å²) < 4.78 is 12.6. The summed E-state index contributed by atoms with van der Waals surface area (Å²) in [6.45, 7) is 2.89. The van der Waals surface area contributed by atoms with Gasteiger partial charge in [0.05, 0.1) is 0 Å². The fourth-order valence-corrected chi connectivity index (χ4v) is 1.85. The third kappa shape index (κ3) is 2.30. The van der Waals surface area contributed by atoms with Gasteiger partial charge in [0.25, 0.3) is 0 Å². The van der Waals surface area contributed by atoms with Gasteiger partial charge >= 0.3 is 0 Å².